The average molecular weight is 267 g/mol. The molecule has 0 aliphatic rings. The second-order valence-electron chi connectivity index (χ2n) is 3.54. The van der Waals surface area contributed by atoms with E-state index in [4.69, 9.17) is 5.11 Å². The molecule has 100 valence electrons. The number of hydrogen-bond acceptors (Lipinski definition) is 5. The maximum atomic E-state index is 11.5. The van der Waals surface area contributed by atoms with Gasteiger partial charge in [0.05, 0.1) is 13.5 Å². The highest BCUT2D eigenvalue weighted by atomic mass is 32.2. The fourth-order valence-electron chi connectivity index (χ4n) is 1.27. The summed E-state index contributed by atoms with van der Waals surface area (Å²) < 4.78 is 29.3. The highest BCUT2D eigenvalue weighted by Crippen LogP contribution is 2.04. The van der Waals surface area contributed by atoms with Crippen molar-refractivity contribution < 1.29 is 27.9 Å². The van der Waals surface area contributed by atoms with Crippen LogP contribution in [0, 0.1) is 0 Å². The lowest BCUT2D eigenvalue weighted by atomic mass is 10.1. The van der Waals surface area contributed by atoms with Crippen molar-refractivity contribution in [2.24, 2.45) is 0 Å². The number of sulfonamides is 1. The van der Waals surface area contributed by atoms with Crippen LogP contribution in [0.2, 0.25) is 0 Å². The van der Waals surface area contributed by atoms with Crippen LogP contribution in [0.25, 0.3) is 0 Å². The molecule has 0 aromatic carbocycles. The van der Waals surface area contributed by atoms with Crippen LogP contribution in [0.4, 0.5) is 0 Å². The highest BCUT2D eigenvalue weighted by Gasteiger charge is 2.22. The number of carbonyl (C=O) groups is 2. The van der Waals surface area contributed by atoms with Crippen LogP contribution >= 0.6 is 0 Å². The lowest BCUT2D eigenvalue weighted by Crippen LogP contribution is -2.39. The molecular weight excluding hydrogens is 250 g/mol. The molecule has 0 aromatic rings. The largest absolute Gasteiger partial charge is 0.481 e. The first-order valence-electron chi connectivity index (χ1n) is 5.09. The quantitative estimate of drug-likeness (QED) is 0.585. The molecular formula is C9H17NO6S. The minimum absolute atomic E-state index is 0.311. The van der Waals surface area contributed by atoms with Crippen molar-refractivity contribution in [1.29, 1.82) is 0 Å². The topological polar surface area (TPSA) is 110 Å². The number of carbonyl (C=O) groups excluding carboxylic acids is 1. The van der Waals surface area contributed by atoms with Gasteiger partial charge in [0.2, 0.25) is 10.0 Å². The number of esters is 1. The van der Waals surface area contributed by atoms with E-state index in [0.717, 1.165) is 7.11 Å². The van der Waals surface area contributed by atoms with Crippen molar-refractivity contribution in [2.45, 2.75) is 32.2 Å². The first kappa shape index (κ1) is 15.9. The normalized spacial score (nSPS) is 13.1. The molecule has 1 atom stereocenters. The summed E-state index contributed by atoms with van der Waals surface area (Å²) in [4.78, 5) is 21.4. The molecule has 0 fully saturated rings. The highest BCUT2D eigenvalue weighted by molar-refractivity contribution is 7.90. The summed E-state index contributed by atoms with van der Waals surface area (Å²) in [6.45, 7) is 1.81. The second-order valence-corrected chi connectivity index (χ2v) is 5.29. The van der Waals surface area contributed by atoms with Crippen LogP contribution in [-0.2, 0) is 24.3 Å². The van der Waals surface area contributed by atoms with Crippen LogP contribution in [0.3, 0.4) is 0 Å². The molecule has 0 aromatic heterocycles. The molecule has 0 radical (unpaired) electrons. The summed E-state index contributed by atoms with van der Waals surface area (Å²) in [5.74, 6) is -2.78. The molecule has 0 heterocycles. The number of carboxylic acid groups (broad SMARTS) is 1. The molecule has 0 bridgehead atoms. The third-order valence-electron chi connectivity index (χ3n) is 1.94. The Labute approximate surface area is 100 Å². The summed E-state index contributed by atoms with van der Waals surface area (Å²) in [5, 5.41) is 8.61. The number of hydrogen-bond donors (Lipinski definition) is 2. The molecule has 8 heteroatoms. The Balaban J connectivity index is 4.51. The third-order valence-corrected chi connectivity index (χ3v) is 3.25. The van der Waals surface area contributed by atoms with Gasteiger partial charge in [-0.25, -0.2) is 13.1 Å². The van der Waals surface area contributed by atoms with E-state index in [1.807, 2.05) is 6.92 Å². The molecule has 7 nitrogen and oxygen atoms in total. The smallest absolute Gasteiger partial charge is 0.322 e. The molecule has 17 heavy (non-hydrogen) atoms. The van der Waals surface area contributed by atoms with Gasteiger partial charge in [0.1, 0.15) is 0 Å². The minimum atomic E-state index is -3.85. The van der Waals surface area contributed by atoms with Gasteiger partial charge in [-0.1, -0.05) is 13.3 Å². The maximum Gasteiger partial charge on any atom is 0.322 e. The standard InChI is InChI=1S/C9H17NO6S/c1-3-4-7(5-8(11)12)10-17(14,15)6-9(13)16-2/h7,10H,3-6H2,1-2H3,(H,11,12). The van der Waals surface area contributed by atoms with Gasteiger partial charge in [-0.2, -0.15) is 0 Å². The predicted octanol–water partition coefficient (Wildman–Crippen LogP) is -0.278. The van der Waals surface area contributed by atoms with E-state index in [-0.39, 0.29) is 6.42 Å². The van der Waals surface area contributed by atoms with Gasteiger partial charge >= 0.3 is 11.9 Å². The summed E-state index contributed by atoms with van der Waals surface area (Å²) >= 11 is 0. The number of ether oxygens (including phenoxy) is 1. The second kappa shape index (κ2) is 7.23. The van der Waals surface area contributed by atoms with Gasteiger partial charge in [-0.15, -0.1) is 0 Å². The van der Waals surface area contributed by atoms with Crippen LogP contribution in [-0.4, -0.2) is 44.4 Å². The van der Waals surface area contributed by atoms with E-state index < -0.39 is 33.8 Å². The third kappa shape index (κ3) is 7.70. The zero-order chi connectivity index (χ0) is 13.5. The molecule has 0 aliphatic heterocycles. The van der Waals surface area contributed by atoms with E-state index in [1.165, 1.54) is 0 Å². The van der Waals surface area contributed by atoms with Gasteiger partial charge < -0.3 is 9.84 Å². The van der Waals surface area contributed by atoms with Crippen LogP contribution in [0.5, 0.6) is 0 Å². The lowest BCUT2D eigenvalue weighted by molar-refractivity contribution is -0.138. The maximum absolute atomic E-state index is 11.5. The van der Waals surface area contributed by atoms with Gasteiger partial charge in [0, 0.05) is 6.04 Å². The summed E-state index contributed by atoms with van der Waals surface area (Å²) in [6, 6.07) is -0.702. The van der Waals surface area contributed by atoms with E-state index in [2.05, 4.69) is 9.46 Å². The van der Waals surface area contributed by atoms with Crippen molar-refractivity contribution >= 4 is 22.0 Å². The Bertz CT molecular complexity index is 364. The Morgan fingerprint density at radius 3 is 2.41 bits per heavy atom. The zero-order valence-electron chi connectivity index (χ0n) is 9.80. The van der Waals surface area contributed by atoms with Gasteiger partial charge in [0.25, 0.3) is 0 Å². The van der Waals surface area contributed by atoms with Crippen LogP contribution < -0.4 is 4.72 Å². The zero-order valence-corrected chi connectivity index (χ0v) is 10.6. The van der Waals surface area contributed by atoms with E-state index in [0.29, 0.717) is 12.8 Å². The molecule has 0 saturated heterocycles. The SMILES string of the molecule is CCCC(CC(=O)O)NS(=O)(=O)CC(=O)OC. The lowest BCUT2D eigenvalue weighted by Gasteiger charge is -2.15. The Morgan fingerprint density at radius 1 is 1.41 bits per heavy atom. The number of nitrogens with one attached hydrogen (secondary N) is 1. The van der Waals surface area contributed by atoms with Crippen molar-refractivity contribution in [2.75, 3.05) is 12.9 Å². The number of methoxy groups -OCH3 is 1. The van der Waals surface area contributed by atoms with Crippen molar-refractivity contribution in [3.63, 3.8) is 0 Å². The Kier molecular flexibility index (Phi) is 6.74. The number of aliphatic carboxylic acids is 1. The molecule has 1 unspecified atom stereocenters. The van der Waals surface area contributed by atoms with Crippen molar-refractivity contribution in [3.05, 3.63) is 0 Å². The fourth-order valence-corrected chi connectivity index (χ4v) is 2.49. The predicted molar refractivity (Wildman–Crippen MR) is 59.9 cm³/mol. The van der Waals surface area contributed by atoms with Gasteiger partial charge in [-0.3, -0.25) is 9.59 Å². The summed E-state index contributed by atoms with van der Waals surface area (Å²) in [7, 11) is -2.77. The van der Waals surface area contributed by atoms with Gasteiger partial charge in [0.15, 0.2) is 5.75 Å². The Hall–Kier alpha value is -1.15. The monoisotopic (exact) mass is 267 g/mol. The number of rotatable bonds is 8. The summed E-state index contributed by atoms with van der Waals surface area (Å²) in [5.41, 5.74) is 0. The number of carboxylic acids is 1. The average Bonchev–Trinajstić information content (AvgIpc) is 2.15. The molecule has 0 aliphatic carbocycles. The van der Waals surface area contributed by atoms with Crippen LogP contribution in [0.15, 0.2) is 0 Å². The van der Waals surface area contributed by atoms with Crippen molar-refractivity contribution in [3.8, 4) is 0 Å². The minimum Gasteiger partial charge on any atom is -0.481 e. The molecule has 0 saturated carbocycles. The van der Waals surface area contributed by atoms with Gasteiger partial charge in [-0.05, 0) is 6.42 Å². The first-order chi connectivity index (χ1) is 7.80. The molecule has 0 rings (SSSR count). The van der Waals surface area contributed by atoms with E-state index in [9.17, 15) is 18.0 Å². The van der Waals surface area contributed by atoms with E-state index in [1.54, 1.807) is 0 Å². The molecule has 2 N–H and O–H groups in total. The molecule has 0 amide bonds. The Morgan fingerprint density at radius 2 is 2.00 bits per heavy atom. The molecule has 0 spiro atoms. The van der Waals surface area contributed by atoms with E-state index >= 15 is 0 Å². The fraction of sp³-hybridized carbons (Fsp3) is 0.778. The van der Waals surface area contributed by atoms with Crippen LogP contribution in [0.1, 0.15) is 26.2 Å². The van der Waals surface area contributed by atoms with Crippen molar-refractivity contribution in [1.82, 2.24) is 4.72 Å². The summed E-state index contributed by atoms with van der Waals surface area (Å²) in [6.07, 6.45) is 0.722. The first-order valence-corrected chi connectivity index (χ1v) is 6.74.